The lowest BCUT2D eigenvalue weighted by atomic mass is 10.2. The maximum Gasteiger partial charge on any atom is 0.191 e. The van der Waals surface area contributed by atoms with Crippen molar-refractivity contribution in [2.45, 2.75) is 46.3 Å². The van der Waals surface area contributed by atoms with Gasteiger partial charge in [-0.3, -0.25) is 4.99 Å². The summed E-state index contributed by atoms with van der Waals surface area (Å²) in [5.41, 5.74) is 1.22. The van der Waals surface area contributed by atoms with Crippen LogP contribution in [0.1, 0.15) is 38.1 Å². The molecule has 7 nitrogen and oxygen atoms in total. The summed E-state index contributed by atoms with van der Waals surface area (Å²) < 4.78 is 7.78. The molecule has 0 bridgehead atoms. The van der Waals surface area contributed by atoms with E-state index in [1.165, 1.54) is 5.56 Å². The number of ether oxygens (including phenoxy) is 1. The van der Waals surface area contributed by atoms with Gasteiger partial charge in [0.25, 0.3) is 0 Å². The number of aromatic nitrogens is 3. The highest BCUT2D eigenvalue weighted by molar-refractivity contribution is 5.79. The van der Waals surface area contributed by atoms with Gasteiger partial charge in [0.05, 0.1) is 6.61 Å². The van der Waals surface area contributed by atoms with Gasteiger partial charge < -0.3 is 19.9 Å². The third-order valence-corrected chi connectivity index (χ3v) is 4.08. The Kier molecular flexibility index (Phi) is 9.96. The number of unbranched alkanes of at least 4 members (excludes halogenated alkanes) is 1. The standard InChI is InChI=1S/C20H32N6O/c1-3-19-25-24-17-26(19)14-13-23-20(21-4-2)22-12-8-9-15-27-16-18-10-6-5-7-11-18/h5-7,10-11,17H,3-4,8-9,12-16H2,1-2H3,(H2,21,22,23). The van der Waals surface area contributed by atoms with Crippen molar-refractivity contribution in [1.82, 2.24) is 25.4 Å². The first-order chi connectivity index (χ1) is 13.3. The number of nitrogens with one attached hydrogen (secondary N) is 2. The van der Waals surface area contributed by atoms with E-state index in [9.17, 15) is 0 Å². The molecule has 27 heavy (non-hydrogen) atoms. The van der Waals surface area contributed by atoms with E-state index >= 15 is 0 Å². The van der Waals surface area contributed by atoms with Crippen LogP contribution in [0.25, 0.3) is 0 Å². The summed E-state index contributed by atoms with van der Waals surface area (Å²) in [7, 11) is 0. The minimum atomic E-state index is 0.678. The Hall–Kier alpha value is -2.41. The van der Waals surface area contributed by atoms with E-state index in [0.717, 1.165) is 63.8 Å². The lowest BCUT2D eigenvalue weighted by molar-refractivity contribution is 0.117. The summed E-state index contributed by atoms with van der Waals surface area (Å²) in [6.45, 7) is 8.85. The van der Waals surface area contributed by atoms with E-state index in [1.807, 2.05) is 18.2 Å². The van der Waals surface area contributed by atoms with Crippen molar-refractivity contribution >= 4 is 5.96 Å². The smallest absolute Gasteiger partial charge is 0.191 e. The fraction of sp³-hybridized carbons (Fsp3) is 0.550. The maximum absolute atomic E-state index is 5.71. The Morgan fingerprint density at radius 2 is 2.00 bits per heavy atom. The molecule has 2 rings (SSSR count). The average Bonchev–Trinajstić information content (AvgIpc) is 3.15. The second-order valence-corrected chi connectivity index (χ2v) is 6.23. The molecule has 1 aromatic carbocycles. The number of hydrogen-bond acceptors (Lipinski definition) is 4. The molecule has 2 aromatic rings. The molecule has 0 saturated heterocycles. The number of nitrogens with zero attached hydrogens (tertiary/aromatic N) is 4. The molecule has 0 atom stereocenters. The SMILES string of the molecule is CCNC(=NCCCCOCc1ccccc1)NCCn1cnnc1CC. The largest absolute Gasteiger partial charge is 0.377 e. The molecular weight excluding hydrogens is 340 g/mol. The lowest BCUT2D eigenvalue weighted by Crippen LogP contribution is -2.39. The molecule has 0 aliphatic heterocycles. The highest BCUT2D eigenvalue weighted by atomic mass is 16.5. The van der Waals surface area contributed by atoms with Gasteiger partial charge in [0.1, 0.15) is 12.2 Å². The molecule has 148 valence electrons. The Balaban J connectivity index is 1.60. The number of hydrogen-bond donors (Lipinski definition) is 2. The summed E-state index contributed by atoms with van der Waals surface area (Å²) in [5.74, 6) is 1.86. The Bertz CT molecular complexity index is 656. The van der Waals surface area contributed by atoms with Crippen molar-refractivity contribution in [1.29, 1.82) is 0 Å². The Morgan fingerprint density at radius 3 is 2.78 bits per heavy atom. The van der Waals surface area contributed by atoms with Crippen LogP contribution >= 0.6 is 0 Å². The molecule has 1 aromatic heterocycles. The fourth-order valence-corrected chi connectivity index (χ4v) is 2.65. The summed E-state index contributed by atoms with van der Waals surface area (Å²) in [6, 6.07) is 10.3. The van der Waals surface area contributed by atoms with Crippen LogP contribution in [-0.4, -0.2) is 47.0 Å². The highest BCUT2D eigenvalue weighted by Crippen LogP contribution is 2.01. The molecule has 0 fully saturated rings. The normalized spacial score (nSPS) is 11.6. The maximum atomic E-state index is 5.71. The number of aryl methyl sites for hydroxylation is 1. The van der Waals surface area contributed by atoms with Crippen molar-refractivity contribution in [3.05, 3.63) is 48.0 Å². The van der Waals surface area contributed by atoms with Gasteiger partial charge in [0, 0.05) is 39.2 Å². The molecule has 0 radical (unpaired) electrons. The second-order valence-electron chi connectivity index (χ2n) is 6.23. The number of guanidine groups is 1. The second kappa shape index (κ2) is 12.9. The molecule has 0 amide bonds. The number of aliphatic imine (C=N–C) groups is 1. The molecule has 0 unspecified atom stereocenters. The zero-order valence-corrected chi connectivity index (χ0v) is 16.5. The van der Waals surface area contributed by atoms with Crippen molar-refractivity contribution in [3.8, 4) is 0 Å². The van der Waals surface area contributed by atoms with Gasteiger partial charge in [-0.25, -0.2) is 0 Å². The zero-order valence-electron chi connectivity index (χ0n) is 16.5. The fourth-order valence-electron chi connectivity index (χ4n) is 2.65. The number of benzene rings is 1. The van der Waals surface area contributed by atoms with E-state index < -0.39 is 0 Å². The monoisotopic (exact) mass is 372 g/mol. The van der Waals surface area contributed by atoms with Crippen LogP contribution in [-0.2, 0) is 24.3 Å². The predicted molar refractivity (Wildman–Crippen MR) is 109 cm³/mol. The zero-order chi connectivity index (χ0) is 19.2. The topological polar surface area (TPSA) is 76.4 Å². The van der Waals surface area contributed by atoms with Crippen LogP contribution in [0.5, 0.6) is 0 Å². The van der Waals surface area contributed by atoms with Crippen LogP contribution in [0, 0.1) is 0 Å². The Labute approximate surface area is 162 Å². The summed E-state index contributed by atoms with van der Waals surface area (Å²) in [5, 5.41) is 14.7. The van der Waals surface area contributed by atoms with Crippen LogP contribution in [0.3, 0.4) is 0 Å². The van der Waals surface area contributed by atoms with Crippen LogP contribution in [0.2, 0.25) is 0 Å². The molecule has 1 heterocycles. The minimum Gasteiger partial charge on any atom is -0.377 e. The molecule has 0 saturated carbocycles. The van der Waals surface area contributed by atoms with Gasteiger partial charge in [0.2, 0.25) is 0 Å². The van der Waals surface area contributed by atoms with E-state index in [4.69, 9.17) is 4.74 Å². The predicted octanol–water partition coefficient (Wildman–Crippen LogP) is 2.39. The van der Waals surface area contributed by atoms with Crippen LogP contribution < -0.4 is 10.6 Å². The van der Waals surface area contributed by atoms with Gasteiger partial charge >= 0.3 is 0 Å². The average molecular weight is 373 g/mol. The summed E-state index contributed by atoms with van der Waals surface area (Å²) in [6.07, 6.45) is 4.69. The molecular formula is C20H32N6O. The lowest BCUT2D eigenvalue weighted by Gasteiger charge is -2.12. The van der Waals surface area contributed by atoms with Crippen molar-refractivity contribution in [3.63, 3.8) is 0 Å². The summed E-state index contributed by atoms with van der Waals surface area (Å²) in [4.78, 5) is 4.63. The number of rotatable bonds is 12. The van der Waals surface area contributed by atoms with Crippen LogP contribution in [0.4, 0.5) is 0 Å². The molecule has 0 spiro atoms. The molecule has 0 aliphatic carbocycles. The van der Waals surface area contributed by atoms with E-state index in [0.29, 0.717) is 6.61 Å². The van der Waals surface area contributed by atoms with Crippen molar-refractivity contribution in [2.75, 3.05) is 26.2 Å². The first-order valence-electron chi connectivity index (χ1n) is 9.84. The third-order valence-electron chi connectivity index (χ3n) is 4.08. The third kappa shape index (κ3) is 8.21. The van der Waals surface area contributed by atoms with E-state index in [2.05, 4.69) is 56.4 Å². The molecule has 7 heteroatoms. The van der Waals surface area contributed by atoms with Crippen molar-refractivity contribution in [2.24, 2.45) is 4.99 Å². The van der Waals surface area contributed by atoms with Gasteiger partial charge in [-0.05, 0) is 25.3 Å². The van der Waals surface area contributed by atoms with Crippen LogP contribution in [0.15, 0.2) is 41.7 Å². The first-order valence-corrected chi connectivity index (χ1v) is 9.84. The quantitative estimate of drug-likeness (QED) is 0.340. The Morgan fingerprint density at radius 1 is 1.15 bits per heavy atom. The molecule has 2 N–H and O–H groups in total. The molecule has 0 aliphatic rings. The summed E-state index contributed by atoms with van der Waals surface area (Å²) >= 11 is 0. The van der Waals surface area contributed by atoms with E-state index in [1.54, 1.807) is 6.33 Å². The highest BCUT2D eigenvalue weighted by Gasteiger charge is 2.02. The minimum absolute atomic E-state index is 0.678. The van der Waals surface area contributed by atoms with Gasteiger partial charge in [-0.15, -0.1) is 10.2 Å². The van der Waals surface area contributed by atoms with E-state index in [-0.39, 0.29) is 0 Å². The van der Waals surface area contributed by atoms with Gasteiger partial charge in [0.15, 0.2) is 5.96 Å². The van der Waals surface area contributed by atoms with Gasteiger partial charge in [-0.1, -0.05) is 37.3 Å². The first kappa shape index (κ1) is 20.9. The van der Waals surface area contributed by atoms with Crippen molar-refractivity contribution < 1.29 is 4.74 Å². The van der Waals surface area contributed by atoms with Gasteiger partial charge in [-0.2, -0.15) is 0 Å².